The summed E-state index contributed by atoms with van der Waals surface area (Å²) in [4.78, 5) is 16.1. The highest BCUT2D eigenvalue weighted by Crippen LogP contribution is 2.40. The van der Waals surface area contributed by atoms with Gasteiger partial charge in [0.2, 0.25) is 0 Å². The minimum Gasteiger partial charge on any atom is -0.497 e. The summed E-state index contributed by atoms with van der Waals surface area (Å²) >= 11 is 5.84. The summed E-state index contributed by atoms with van der Waals surface area (Å²) in [5.41, 5.74) is 0.459. The molecule has 1 aromatic rings. The molecule has 4 nitrogen and oxygen atoms in total. The number of pyridine rings is 1. The molecule has 0 spiro atoms. The second-order valence-electron chi connectivity index (χ2n) is 5.27. The number of hydrogen-bond acceptors (Lipinski definition) is 3. The molecule has 1 aliphatic rings. The first-order valence-electron chi connectivity index (χ1n) is 5.95. The van der Waals surface area contributed by atoms with Gasteiger partial charge in [0, 0.05) is 18.2 Å². The molecule has 18 heavy (non-hydrogen) atoms. The van der Waals surface area contributed by atoms with Gasteiger partial charge in [0.25, 0.3) is 5.91 Å². The number of carbonyl (C=O) groups excluding carboxylic acids is 1. The van der Waals surface area contributed by atoms with Crippen molar-refractivity contribution in [3.8, 4) is 5.75 Å². The van der Waals surface area contributed by atoms with Crippen molar-refractivity contribution in [3.05, 3.63) is 23.0 Å². The molecule has 0 bridgehead atoms. The van der Waals surface area contributed by atoms with E-state index in [4.69, 9.17) is 16.3 Å². The largest absolute Gasteiger partial charge is 0.497 e. The summed E-state index contributed by atoms with van der Waals surface area (Å²) in [6.07, 6.45) is 2.14. The van der Waals surface area contributed by atoms with Gasteiger partial charge in [-0.2, -0.15) is 0 Å². The van der Waals surface area contributed by atoms with E-state index in [9.17, 15) is 4.79 Å². The van der Waals surface area contributed by atoms with Crippen LogP contribution >= 0.6 is 11.6 Å². The van der Waals surface area contributed by atoms with Crippen LogP contribution < -0.4 is 10.1 Å². The van der Waals surface area contributed by atoms with E-state index in [2.05, 4.69) is 24.1 Å². The number of ether oxygens (including phenoxy) is 1. The van der Waals surface area contributed by atoms with E-state index in [0.29, 0.717) is 11.4 Å². The summed E-state index contributed by atoms with van der Waals surface area (Å²) in [5.74, 6) is 0.335. The Balaban J connectivity index is 2.11. The Morgan fingerprint density at radius 1 is 1.56 bits per heavy atom. The van der Waals surface area contributed by atoms with E-state index in [1.807, 2.05) is 0 Å². The number of methoxy groups -OCH3 is 1. The van der Waals surface area contributed by atoms with Gasteiger partial charge in [-0.05, 0) is 18.3 Å². The highest BCUT2D eigenvalue weighted by molar-refractivity contribution is 6.29. The van der Waals surface area contributed by atoms with E-state index in [0.717, 1.165) is 12.8 Å². The molecule has 0 radical (unpaired) electrons. The van der Waals surface area contributed by atoms with Gasteiger partial charge in [0.15, 0.2) is 0 Å². The van der Waals surface area contributed by atoms with Crippen molar-refractivity contribution in [1.29, 1.82) is 0 Å². The van der Waals surface area contributed by atoms with E-state index >= 15 is 0 Å². The number of rotatable bonds is 3. The lowest BCUT2D eigenvalue weighted by Crippen LogP contribution is -2.52. The lowest BCUT2D eigenvalue weighted by Gasteiger charge is -2.44. The van der Waals surface area contributed by atoms with Crippen LogP contribution in [0.15, 0.2) is 12.1 Å². The minimum absolute atomic E-state index is 0.165. The topological polar surface area (TPSA) is 51.2 Å². The SMILES string of the molecule is COc1cc(Cl)nc(C(=O)NC2CCC2(C)C)c1. The predicted octanol–water partition coefficient (Wildman–Crippen LogP) is 2.66. The second kappa shape index (κ2) is 4.76. The van der Waals surface area contributed by atoms with E-state index in [-0.39, 0.29) is 22.5 Å². The van der Waals surface area contributed by atoms with Crippen molar-refractivity contribution >= 4 is 17.5 Å². The molecule has 98 valence electrons. The van der Waals surface area contributed by atoms with Crippen LogP contribution in [0.1, 0.15) is 37.2 Å². The van der Waals surface area contributed by atoms with Gasteiger partial charge in [-0.1, -0.05) is 25.4 Å². The van der Waals surface area contributed by atoms with Crippen LogP contribution in [0.5, 0.6) is 5.75 Å². The third kappa shape index (κ3) is 2.58. The fourth-order valence-electron chi connectivity index (χ4n) is 2.07. The number of nitrogens with zero attached hydrogens (tertiary/aromatic N) is 1. The van der Waals surface area contributed by atoms with Gasteiger partial charge in [-0.3, -0.25) is 4.79 Å². The molecule has 2 rings (SSSR count). The molecule has 1 aromatic heterocycles. The number of halogens is 1. The Labute approximate surface area is 112 Å². The summed E-state index contributed by atoms with van der Waals surface area (Å²) in [6, 6.07) is 3.37. The third-order valence-corrected chi connectivity index (χ3v) is 3.76. The maximum absolute atomic E-state index is 12.1. The zero-order chi connectivity index (χ0) is 13.3. The molecule has 1 saturated carbocycles. The Morgan fingerprint density at radius 3 is 2.78 bits per heavy atom. The molecule has 1 atom stereocenters. The molecule has 1 unspecified atom stereocenters. The van der Waals surface area contributed by atoms with Crippen molar-refractivity contribution in [1.82, 2.24) is 10.3 Å². The molecule has 1 N–H and O–H groups in total. The smallest absolute Gasteiger partial charge is 0.270 e. The molecule has 1 fully saturated rings. The maximum atomic E-state index is 12.1. The summed E-state index contributed by atoms with van der Waals surface area (Å²) in [7, 11) is 1.53. The Hall–Kier alpha value is -1.29. The number of nitrogens with one attached hydrogen (secondary N) is 1. The molecule has 0 aromatic carbocycles. The first kappa shape index (κ1) is 13.1. The number of carbonyl (C=O) groups is 1. The van der Waals surface area contributed by atoms with Gasteiger partial charge >= 0.3 is 0 Å². The van der Waals surface area contributed by atoms with Crippen LogP contribution in [0.4, 0.5) is 0 Å². The average molecular weight is 269 g/mol. The molecule has 1 amide bonds. The molecule has 5 heteroatoms. The minimum atomic E-state index is -0.200. The normalized spacial score (nSPS) is 21.0. The second-order valence-corrected chi connectivity index (χ2v) is 5.66. The molecule has 0 aliphatic heterocycles. The van der Waals surface area contributed by atoms with Crippen molar-refractivity contribution in [2.45, 2.75) is 32.7 Å². The Bertz CT molecular complexity index is 474. The zero-order valence-electron chi connectivity index (χ0n) is 10.8. The van der Waals surface area contributed by atoms with E-state index in [1.165, 1.54) is 7.11 Å². The van der Waals surface area contributed by atoms with Crippen LogP contribution in [0, 0.1) is 5.41 Å². The number of hydrogen-bond donors (Lipinski definition) is 1. The summed E-state index contributed by atoms with van der Waals surface area (Å²) in [6.45, 7) is 4.29. The quantitative estimate of drug-likeness (QED) is 0.858. The van der Waals surface area contributed by atoms with Crippen molar-refractivity contribution in [2.75, 3.05) is 7.11 Å². The molecule has 0 saturated heterocycles. The van der Waals surface area contributed by atoms with Crippen LogP contribution in [0.3, 0.4) is 0 Å². The highest BCUT2D eigenvalue weighted by Gasteiger charge is 2.39. The van der Waals surface area contributed by atoms with Gasteiger partial charge in [0.05, 0.1) is 7.11 Å². The van der Waals surface area contributed by atoms with Gasteiger partial charge in [-0.15, -0.1) is 0 Å². The summed E-state index contributed by atoms with van der Waals surface area (Å²) < 4.78 is 5.07. The third-order valence-electron chi connectivity index (χ3n) is 3.56. The number of aromatic nitrogens is 1. The standard InChI is InChI=1S/C13H17ClN2O2/c1-13(2)5-4-10(13)16-12(17)9-6-8(18-3)7-11(14)15-9/h6-7,10H,4-5H2,1-3H3,(H,16,17). The number of amides is 1. The van der Waals surface area contributed by atoms with Gasteiger partial charge in [0.1, 0.15) is 16.6 Å². The highest BCUT2D eigenvalue weighted by atomic mass is 35.5. The van der Waals surface area contributed by atoms with Gasteiger partial charge < -0.3 is 10.1 Å². The fraction of sp³-hybridized carbons (Fsp3) is 0.538. The first-order valence-corrected chi connectivity index (χ1v) is 6.32. The average Bonchev–Trinajstić information content (AvgIpc) is 2.33. The molecular weight excluding hydrogens is 252 g/mol. The Kier molecular flexibility index (Phi) is 3.48. The lowest BCUT2D eigenvalue weighted by atomic mass is 9.67. The molecule has 1 aliphatic carbocycles. The fourth-order valence-corrected chi connectivity index (χ4v) is 2.27. The van der Waals surface area contributed by atoms with Crippen molar-refractivity contribution in [2.24, 2.45) is 5.41 Å². The molecular formula is C13H17ClN2O2. The molecule has 1 heterocycles. The van der Waals surface area contributed by atoms with Crippen molar-refractivity contribution in [3.63, 3.8) is 0 Å². The lowest BCUT2D eigenvalue weighted by molar-refractivity contribution is 0.0727. The Morgan fingerprint density at radius 2 is 2.28 bits per heavy atom. The monoisotopic (exact) mass is 268 g/mol. The van der Waals surface area contributed by atoms with Crippen LogP contribution in [0.2, 0.25) is 5.15 Å². The summed E-state index contributed by atoms with van der Waals surface area (Å²) in [5, 5.41) is 3.24. The van der Waals surface area contributed by atoms with Crippen LogP contribution in [-0.2, 0) is 0 Å². The van der Waals surface area contributed by atoms with E-state index in [1.54, 1.807) is 12.1 Å². The predicted molar refractivity (Wildman–Crippen MR) is 70.1 cm³/mol. The van der Waals surface area contributed by atoms with Crippen LogP contribution in [-0.4, -0.2) is 24.0 Å². The van der Waals surface area contributed by atoms with Gasteiger partial charge in [-0.25, -0.2) is 4.98 Å². The first-order chi connectivity index (χ1) is 8.42. The zero-order valence-corrected chi connectivity index (χ0v) is 11.5. The van der Waals surface area contributed by atoms with E-state index < -0.39 is 0 Å². The van der Waals surface area contributed by atoms with Crippen LogP contribution in [0.25, 0.3) is 0 Å². The van der Waals surface area contributed by atoms with Crippen molar-refractivity contribution < 1.29 is 9.53 Å². The maximum Gasteiger partial charge on any atom is 0.270 e.